The molecule has 3 rings (SSSR count). The second kappa shape index (κ2) is 6.97. The number of nitro groups is 1. The molecule has 7 nitrogen and oxygen atoms in total. The van der Waals surface area contributed by atoms with E-state index in [1.807, 2.05) is 6.92 Å². The minimum absolute atomic E-state index is 0.0480. The molecule has 2 heterocycles. The summed E-state index contributed by atoms with van der Waals surface area (Å²) in [6, 6.07) is 4.78. The van der Waals surface area contributed by atoms with Gasteiger partial charge in [-0.05, 0) is 24.6 Å². The Balaban J connectivity index is 1.93. The van der Waals surface area contributed by atoms with Crippen molar-refractivity contribution in [2.75, 3.05) is 0 Å². The lowest BCUT2D eigenvalue weighted by Crippen LogP contribution is -2.17. The highest BCUT2D eigenvalue weighted by Crippen LogP contribution is 2.37. The smallest absolute Gasteiger partial charge is 0.283 e. The van der Waals surface area contributed by atoms with E-state index in [0.29, 0.717) is 24.0 Å². The first kappa shape index (κ1) is 17.0. The normalized spacial score (nSPS) is 15.8. The van der Waals surface area contributed by atoms with Crippen LogP contribution in [0.3, 0.4) is 0 Å². The van der Waals surface area contributed by atoms with Crippen molar-refractivity contribution < 1.29 is 9.72 Å². The van der Waals surface area contributed by atoms with Crippen molar-refractivity contribution >= 4 is 69.1 Å². The summed E-state index contributed by atoms with van der Waals surface area (Å²) in [5.41, 5.74) is 0.509. The summed E-state index contributed by atoms with van der Waals surface area (Å²) in [6.07, 6.45) is 1.58. The van der Waals surface area contributed by atoms with Crippen LogP contribution in [0.15, 0.2) is 32.3 Å². The van der Waals surface area contributed by atoms with E-state index >= 15 is 0 Å². The molecule has 1 aromatic heterocycles. The molecule has 0 spiro atoms. The molecule has 1 N–H and O–H groups in total. The summed E-state index contributed by atoms with van der Waals surface area (Å²) in [6.45, 7) is 1.82. The van der Waals surface area contributed by atoms with E-state index in [4.69, 9.17) is 12.2 Å². The number of thiocarbonyl (C=S) groups is 1. The lowest BCUT2D eigenvalue weighted by molar-refractivity contribution is -0.387. The maximum absolute atomic E-state index is 11.7. The molecular formula is C13H8N4O3S4. The molecule has 24 heavy (non-hydrogen) atoms. The van der Waals surface area contributed by atoms with Gasteiger partial charge < -0.3 is 5.32 Å². The zero-order valence-corrected chi connectivity index (χ0v) is 15.3. The van der Waals surface area contributed by atoms with Crippen molar-refractivity contribution in [1.29, 1.82) is 0 Å². The van der Waals surface area contributed by atoms with Crippen molar-refractivity contribution in [3.05, 3.63) is 43.8 Å². The van der Waals surface area contributed by atoms with Crippen LogP contribution >= 0.6 is 47.1 Å². The number of nitro benzene ring substituents is 1. The third kappa shape index (κ3) is 3.80. The molecule has 1 aliphatic rings. The molecule has 1 saturated heterocycles. The fourth-order valence-corrected chi connectivity index (χ4v) is 4.74. The molecule has 11 heteroatoms. The molecule has 1 amide bonds. The Labute approximate surface area is 154 Å². The first-order valence-electron chi connectivity index (χ1n) is 6.43. The van der Waals surface area contributed by atoms with Gasteiger partial charge in [-0.3, -0.25) is 14.9 Å². The van der Waals surface area contributed by atoms with Crippen LogP contribution in [0.1, 0.15) is 10.6 Å². The monoisotopic (exact) mass is 396 g/mol. The third-order valence-electron chi connectivity index (χ3n) is 2.82. The third-order valence-corrected chi connectivity index (χ3v) is 5.94. The topological polar surface area (TPSA) is 98.0 Å². The number of hydrogen-bond donors (Lipinski definition) is 1. The maximum atomic E-state index is 11.7. The molecule has 2 aromatic rings. The summed E-state index contributed by atoms with van der Waals surface area (Å²) in [5, 5.41) is 22.5. The van der Waals surface area contributed by atoms with Crippen LogP contribution in [0.2, 0.25) is 0 Å². The SMILES string of the molecule is Cc1nnc(Sc2ccc(/C=C3\SC(=S)NC3=O)cc2[N+](=O)[O-])s1. The maximum Gasteiger partial charge on any atom is 0.283 e. The van der Waals surface area contributed by atoms with Crippen molar-refractivity contribution in [2.45, 2.75) is 16.2 Å². The molecule has 0 unspecified atom stereocenters. The molecular weight excluding hydrogens is 388 g/mol. The van der Waals surface area contributed by atoms with Gasteiger partial charge in [-0.2, -0.15) is 0 Å². The van der Waals surface area contributed by atoms with Gasteiger partial charge in [-0.15, -0.1) is 10.2 Å². The number of aromatic nitrogens is 2. The summed E-state index contributed by atoms with van der Waals surface area (Å²) in [5.74, 6) is -0.296. The van der Waals surface area contributed by atoms with E-state index in [9.17, 15) is 14.9 Å². The van der Waals surface area contributed by atoms with Gasteiger partial charge in [0.2, 0.25) is 0 Å². The largest absolute Gasteiger partial charge is 0.307 e. The average molecular weight is 397 g/mol. The Kier molecular flexibility index (Phi) is 4.94. The van der Waals surface area contributed by atoms with E-state index in [1.165, 1.54) is 29.2 Å². The molecule has 1 aromatic carbocycles. The van der Waals surface area contributed by atoms with Crippen LogP contribution in [-0.2, 0) is 4.79 Å². The number of carbonyl (C=O) groups is 1. The second-order valence-corrected chi connectivity index (χ2v) is 8.72. The van der Waals surface area contributed by atoms with Crippen LogP contribution in [-0.4, -0.2) is 25.3 Å². The Hall–Kier alpha value is -1.82. The van der Waals surface area contributed by atoms with E-state index in [0.717, 1.165) is 16.8 Å². The summed E-state index contributed by atoms with van der Waals surface area (Å²) in [4.78, 5) is 23.5. The number of rotatable bonds is 4. The van der Waals surface area contributed by atoms with Crippen molar-refractivity contribution in [3.63, 3.8) is 0 Å². The van der Waals surface area contributed by atoms with Gasteiger partial charge in [-0.1, -0.05) is 53.1 Å². The van der Waals surface area contributed by atoms with Crippen LogP contribution in [0.25, 0.3) is 6.08 Å². The fourth-order valence-electron chi connectivity index (χ4n) is 1.84. The Bertz CT molecular complexity index is 893. The van der Waals surface area contributed by atoms with Gasteiger partial charge in [0.1, 0.15) is 9.33 Å². The minimum atomic E-state index is -0.454. The highest BCUT2D eigenvalue weighted by molar-refractivity contribution is 8.26. The van der Waals surface area contributed by atoms with E-state index in [1.54, 1.807) is 18.2 Å². The van der Waals surface area contributed by atoms with Gasteiger partial charge >= 0.3 is 0 Å². The van der Waals surface area contributed by atoms with Crippen LogP contribution in [0.5, 0.6) is 0 Å². The highest BCUT2D eigenvalue weighted by Gasteiger charge is 2.23. The number of aryl methyl sites for hydroxylation is 1. The summed E-state index contributed by atoms with van der Waals surface area (Å²) < 4.78 is 1.01. The number of amides is 1. The number of thioether (sulfide) groups is 1. The number of nitrogens with zero attached hydrogens (tertiary/aromatic N) is 3. The van der Waals surface area contributed by atoms with Gasteiger partial charge in [0.25, 0.3) is 11.6 Å². The molecule has 0 aliphatic carbocycles. The van der Waals surface area contributed by atoms with Gasteiger partial charge in [0, 0.05) is 6.07 Å². The molecule has 0 saturated carbocycles. The van der Waals surface area contributed by atoms with Crippen LogP contribution in [0, 0.1) is 17.0 Å². The molecule has 122 valence electrons. The standard InChI is InChI=1S/C13H8N4O3S4/c1-6-15-16-13(22-6)24-9-3-2-7(4-8(9)17(19)20)5-10-11(18)14-12(21)23-10/h2-5H,1H3,(H,14,18,21)/b10-5-. The number of benzene rings is 1. The van der Waals surface area contributed by atoms with Crippen molar-refractivity contribution in [3.8, 4) is 0 Å². The van der Waals surface area contributed by atoms with Crippen molar-refractivity contribution in [1.82, 2.24) is 15.5 Å². The number of hydrogen-bond acceptors (Lipinski definition) is 9. The highest BCUT2D eigenvalue weighted by atomic mass is 32.2. The van der Waals surface area contributed by atoms with Gasteiger partial charge in [-0.25, -0.2) is 0 Å². The summed E-state index contributed by atoms with van der Waals surface area (Å²) >= 11 is 8.61. The second-order valence-electron chi connectivity index (χ2n) is 4.53. The predicted molar refractivity (Wildman–Crippen MR) is 98.2 cm³/mol. The van der Waals surface area contributed by atoms with Gasteiger partial charge in [0.15, 0.2) is 4.34 Å². The van der Waals surface area contributed by atoms with Crippen LogP contribution < -0.4 is 5.32 Å². The average Bonchev–Trinajstić information content (AvgIpc) is 3.06. The minimum Gasteiger partial charge on any atom is -0.307 e. The zero-order valence-electron chi connectivity index (χ0n) is 12.0. The predicted octanol–water partition coefficient (Wildman–Crippen LogP) is 3.39. The van der Waals surface area contributed by atoms with E-state index in [2.05, 4.69) is 15.5 Å². The molecule has 0 radical (unpaired) electrons. The molecule has 0 bridgehead atoms. The molecule has 1 aliphatic heterocycles. The first-order chi connectivity index (χ1) is 11.4. The molecule has 0 atom stereocenters. The first-order valence-corrected chi connectivity index (χ1v) is 9.29. The van der Waals surface area contributed by atoms with Crippen molar-refractivity contribution in [2.24, 2.45) is 0 Å². The van der Waals surface area contributed by atoms with E-state index < -0.39 is 4.92 Å². The quantitative estimate of drug-likeness (QED) is 0.363. The summed E-state index contributed by atoms with van der Waals surface area (Å²) in [7, 11) is 0. The number of carbonyl (C=O) groups excluding carboxylic acids is 1. The lowest BCUT2D eigenvalue weighted by atomic mass is 10.2. The van der Waals surface area contributed by atoms with Crippen LogP contribution in [0.4, 0.5) is 5.69 Å². The lowest BCUT2D eigenvalue weighted by Gasteiger charge is -2.02. The fraction of sp³-hybridized carbons (Fsp3) is 0.0769. The molecule has 1 fully saturated rings. The number of nitrogens with one attached hydrogen (secondary N) is 1. The Morgan fingerprint density at radius 3 is 2.79 bits per heavy atom. The zero-order chi connectivity index (χ0) is 17.3. The Morgan fingerprint density at radius 1 is 1.42 bits per heavy atom. The van der Waals surface area contributed by atoms with E-state index in [-0.39, 0.29) is 11.6 Å². The Morgan fingerprint density at radius 2 is 2.21 bits per heavy atom. The van der Waals surface area contributed by atoms with Gasteiger partial charge in [0.05, 0.1) is 14.7 Å².